The molecular formula is C3H5BrNO. The van der Waals surface area contributed by atoms with Crippen molar-refractivity contribution in [2.45, 2.75) is 5.14 Å². The zero-order valence-electron chi connectivity index (χ0n) is 3.15. The molecule has 0 saturated carbocycles. The molecule has 0 aromatic heterocycles. The van der Waals surface area contributed by atoms with Gasteiger partial charge in [0.05, 0.1) is 0 Å². The summed E-state index contributed by atoms with van der Waals surface area (Å²) in [4.78, 5) is 0. The topological polar surface area (TPSA) is 21.3 Å². The van der Waals surface area contributed by atoms with Crippen molar-refractivity contribution in [2.75, 3.05) is 6.54 Å². The Balaban J connectivity index is 2.18. The minimum absolute atomic E-state index is 0.0532. The van der Waals surface area contributed by atoms with Gasteiger partial charge in [-0.2, -0.15) is 0 Å². The largest absolute Gasteiger partial charge is 0.346 e. The van der Waals surface area contributed by atoms with Gasteiger partial charge in [-0.3, -0.25) is 5.32 Å². The first kappa shape index (κ1) is 4.56. The van der Waals surface area contributed by atoms with Crippen LogP contribution in [0.2, 0.25) is 0 Å². The van der Waals surface area contributed by atoms with E-state index in [0.717, 1.165) is 6.54 Å². The Morgan fingerprint density at radius 2 is 2.83 bits per heavy atom. The average molecular weight is 151 g/mol. The molecule has 0 aliphatic carbocycles. The fourth-order valence-electron chi connectivity index (χ4n) is 0.321. The van der Waals surface area contributed by atoms with Crippen LogP contribution in [0, 0.1) is 6.61 Å². The summed E-state index contributed by atoms with van der Waals surface area (Å²) in [6.45, 7) is 2.56. The van der Waals surface area contributed by atoms with E-state index >= 15 is 0 Å². The Labute approximate surface area is 45.0 Å². The number of hydrogen-bond acceptors (Lipinski definition) is 2. The Hall–Kier alpha value is 0.400. The molecule has 35 valence electrons. The number of rotatable bonds is 0. The monoisotopic (exact) mass is 150 g/mol. The first-order valence-corrected chi connectivity index (χ1v) is 2.66. The normalized spacial score (nSPS) is 34.5. The zero-order chi connectivity index (χ0) is 4.41. The van der Waals surface area contributed by atoms with Crippen LogP contribution in [0.15, 0.2) is 0 Å². The molecule has 1 N–H and O–H groups in total. The van der Waals surface area contributed by atoms with Crippen LogP contribution in [0.4, 0.5) is 0 Å². The van der Waals surface area contributed by atoms with Gasteiger partial charge in [-0.05, 0) is 15.9 Å². The molecule has 0 spiro atoms. The van der Waals surface area contributed by atoms with Gasteiger partial charge >= 0.3 is 0 Å². The maximum absolute atomic E-state index is 4.83. The van der Waals surface area contributed by atoms with Gasteiger partial charge < -0.3 is 4.74 Å². The maximum Gasteiger partial charge on any atom is 0.165 e. The molecule has 0 aromatic rings. The van der Waals surface area contributed by atoms with E-state index in [1.165, 1.54) is 0 Å². The van der Waals surface area contributed by atoms with Crippen LogP contribution in [0.3, 0.4) is 0 Å². The van der Waals surface area contributed by atoms with Crippen molar-refractivity contribution in [1.29, 1.82) is 0 Å². The fraction of sp³-hybridized carbons (Fsp3) is 0.667. The lowest BCUT2D eigenvalue weighted by molar-refractivity contribution is 0.221. The number of nitrogens with one attached hydrogen (secondary N) is 1. The summed E-state index contributed by atoms with van der Waals surface area (Å²) in [5.41, 5.74) is 0. The molecule has 1 fully saturated rings. The molecule has 1 aliphatic rings. The summed E-state index contributed by atoms with van der Waals surface area (Å²) in [6.07, 6.45) is 0. The predicted octanol–water partition coefficient (Wildman–Crippen LogP) is 0.446. The molecule has 1 radical (unpaired) electrons. The molecule has 3 heteroatoms. The maximum atomic E-state index is 4.83. The van der Waals surface area contributed by atoms with Crippen LogP contribution in [-0.2, 0) is 4.74 Å². The molecule has 1 unspecified atom stereocenters. The second-order valence-corrected chi connectivity index (χ2v) is 1.86. The third-order valence-electron chi connectivity index (χ3n) is 0.577. The van der Waals surface area contributed by atoms with Crippen molar-refractivity contribution < 1.29 is 4.74 Å². The molecular weight excluding hydrogens is 146 g/mol. The number of halogens is 1. The van der Waals surface area contributed by atoms with Gasteiger partial charge in [0.15, 0.2) is 5.14 Å². The molecule has 0 aromatic carbocycles. The van der Waals surface area contributed by atoms with E-state index < -0.39 is 0 Å². The minimum atomic E-state index is 0.0532. The SMILES string of the molecule is BrC1NC[CH]O1. The Morgan fingerprint density at radius 1 is 2.00 bits per heavy atom. The summed E-state index contributed by atoms with van der Waals surface area (Å²) in [5.74, 6) is 0. The molecule has 1 rings (SSSR count). The highest BCUT2D eigenvalue weighted by molar-refractivity contribution is 9.09. The van der Waals surface area contributed by atoms with Crippen molar-refractivity contribution in [3.05, 3.63) is 6.61 Å². The summed E-state index contributed by atoms with van der Waals surface area (Å²) < 4.78 is 4.83. The van der Waals surface area contributed by atoms with Crippen LogP contribution >= 0.6 is 15.9 Å². The van der Waals surface area contributed by atoms with Crippen LogP contribution in [-0.4, -0.2) is 11.7 Å². The number of alkyl halides is 1. The van der Waals surface area contributed by atoms with Crippen molar-refractivity contribution in [1.82, 2.24) is 5.32 Å². The number of ether oxygens (including phenoxy) is 1. The van der Waals surface area contributed by atoms with Gasteiger partial charge in [0.2, 0.25) is 0 Å². The van der Waals surface area contributed by atoms with E-state index in [1.807, 2.05) is 0 Å². The van der Waals surface area contributed by atoms with Crippen LogP contribution in [0.1, 0.15) is 0 Å². The smallest absolute Gasteiger partial charge is 0.165 e. The van der Waals surface area contributed by atoms with Gasteiger partial charge in [-0.15, -0.1) is 0 Å². The highest BCUT2D eigenvalue weighted by Crippen LogP contribution is 2.03. The molecule has 6 heavy (non-hydrogen) atoms. The Kier molecular flexibility index (Phi) is 1.45. The Morgan fingerprint density at radius 3 is 3.00 bits per heavy atom. The first-order chi connectivity index (χ1) is 2.89. The van der Waals surface area contributed by atoms with E-state index in [9.17, 15) is 0 Å². The van der Waals surface area contributed by atoms with Gasteiger partial charge in [0.25, 0.3) is 0 Å². The molecule has 0 amide bonds. The second-order valence-electron chi connectivity index (χ2n) is 1.03. The van der Waals surface area contributed by atoms with Crippen molar-refractivity contribution in [2.24, 2.45) is 0 Å². The van der Waals surface area contributed by atoms with Gasteiger partial charge in [0, 0.05) is 6.54 Å². The highest BCUT2D eigenvalue weighted by atomic mass is 79.9. The summed E-state index contributed by atoms with van der Waals surface area (Å²) >= 11 is 3.17. The quantitative estimate of drug-likeness (QED) is 0.400. The second kappa shape index (κ2) is 1.91. The average Bonchev–Trinajstić information content (AvgIpc) is 1.86. The van der Waals surface area contributed by atoms with E-state index in [1.54, 1.807) is 6.61 Å². The van der Waals surface area contributed by atoms with Crippen LogP contribution in [0.5, 0.6) is 0 Å². The van der Waals surface area contributed by atoms with Crippen LogP contribution in [0.25, 0.3) is 0 Å². The Bertz CT molecular complexity index is 44.1. The third-order valence-corrected chi connectivity index (χ3v) is 1.12. The molecule has 1 atom stereocenters. The van der Waals surface area contributed by atoms with Crippen molar-refractivity contribution in [3.8, 4) is 0 Å². The lowest BCUT2D eigenvalue weighted by atomic mass is 10.7. The van der Waals surface area contributed by atoms with E-state index in [-0.39, 0.29) is 5.14 Å². The lowest BCUT2D eigenvalue weighted by Gasteiger charge is -1.93. The van der Waals surface area contributed by atoms with Gasteiger partial charge in [-0.25, -0.2) is 0 Å². The zero-order valence-corrected chi connectivity index (χ0v) is 4.73. The first-order valence-electron chi connectivity index (χ1n) is 1.74. The molecule has 1 saturated heterocycles. The predicted molar refractivity (Wildman–Crippen MR) is 26.1 cm³/mol. The summed E-state index contributed by atoms with van der Waals surface area (Å²) in [5, 5.41) is 3.01. The van der Waals surface area contributed by atoms with E-state index in [2.05, 4.69) is 21.2 Å². The third kappa shape index (κ3) is 0.929. The summed E-state index contributed by atoms with van der Waals surface area (Å²) in [7, 11) is 0. The van der Waals surface area contributed by atoms with E-state index in [4.69, 9.17) is 4.74 Å². The van der Waals surface area contributed by atoms with Crippen molar-refractivity contribution in [3.63, 3.8) is 0 Å². The minimum Gasteiger partial charge on any atom is -0.346 e. The van der Waals surface area contributed by atoms with E-state index in [0.29, 0.717) is 0 Å². The van der Waals surface area contributed by atoms with Gasteiger partial charge in [-0.1, -0.05) is 0 Å². The summed E-state index contributed by atoms with van der Waals surface area (Å²) in [6, 6.07) is 0. The highest BCUT2D eigenvalue weighted by Gasteiger charge is 2.08. The standard InChI is InChI=1S/C3H5BrNO/c4-3-5-1-2-6-3/h2-3,5H,1H2. The molecule has 1 aliphatic heterocycles. The lowest BCUT2D eigenvalue weighted by Crippen LogP contribution is -2.13. The molecule has 2 nitrogen and oxygen atoms in total. The fourth-order valence-corrected chi connectivity index (χ4v) is 0.661. The molecule has 1 heterocycles. The van der Waals surface area contributed by atoms with Crippen molar-refractivity contribution >= 4 is 15.9 Å². The number of hydrogen-bond donors (Lipinski definition) is 1. The molecule has 0 bridgehead atoms. The van der Waals surface area contributed by atoms with Gasteiger partial charge in [0.1, 0.15) is 6.61 Å². The van der Waals surface area contributed by atoms with Crippen LogP contribution < -0.4 is 5.32 Å².